The Morgan fingerprint density at radius 1 is 1.80 bits per heavy atom. The van der Waals surface area contributed by atoms with Gasteiger partial charge in [-0.05, 0) is 18.8 Å². The molecule has 0 radical (unpaired) electrons. The van der Waals surface area contributed by atoms with Crippen LogP contribution in [0.25, 0.3) is 0 Å². The first-order valence-corrected chi connectivity index (χ1v) is 5.85. The quantitative estimate of drug-likeness (QED) is 0.785. The third-order valence-corrected chi connectivity index (χ3v) is 3.53. The zero-order chi connectivity index (χ0) is 10.8. The molecule has 1 unspecified atom stereocenters. The van der Waals surface area contributed by atoms with Gasteiger partial charge in [-0.15, -0.1) is 11.3 Å². The summed E-state index contributed by atoms with van der Waals surface area (Å²) in [6.07, 6.45) is 2.64. The lowest BCUT2D eigenvalue weighted by Gasteiger charge is -2.04. The fourth-order valence-corrected chi connectivity index (χ4v) is 2.35. The standard InChI is InChI=1S/C10H14N2O2S/c1-14-8(13)4-7-5-15-10(12-7)9(11)6-2-3-6/h5-6,9H,2-4,11H2,1H3. The maximum Gasteiger partial charge on any atom is 0.311 e. The highest BCUT2D eigenvalue weighted by Crippen LogP contribution is 2.40. The fourth-order valence-electron chi connectivity index (χ4n) is 1.43. The summed E-state index contributed by atoms with van der Waals surface area (Å²) in [5.74, 6) is 0.342. The van der Waals surface area contributed by atoms with Gasteiger partial charge in [-0.25, -0.2) is 4.98 Å². The van der Waals surface area contributed by atoms with E-state index in [0.29, 0.717) is 5.92 Å². The molecule has 0 amide bonds. The van der Waals surface area contributed by atoms with Crippen LogP contribution in [0, 0.1) is 5.92 Å². The van der Waals surface area contributed by atoms with E-state index < -0.39 is 0 Å². The van der Waals surface area contributed by atoms with Crippen LogP contribution in [0.3, 0.4) is 0 Å². The summed E-state index contributed by atoms with van der Waals surface area (Å²) >= 11 is 1.53. The molecule has 1 aromatic heterocycles. The molecule has 2 rings (SSSR count). The molecule has 82 valence electrons. The van der Waals surface area contributed by atoms with Gasteiger partial charge in [0.15, 0.2) is 0 Å². The van der Waals surface area contributed by atoms with E-state index in [4.69, 9.17) is 5.73 Å². The van der Waals surface area contributed by atoms with E-state index in [1.54, 1.807) is 0 Å². The molecule has 2 N–H and O–H groups in total. The van der Waals surface area contributed by atoms with Gasteiger partial charge < -0.3 is 10.5 Å². The smallest absolute Gasteiger partial charge is 0.311 e. The van der Waals surface area contributed by atoms with E-state index >= 15 is 0 Å². The maximum atomic E-state index is 11.0. The zero-order valence-electron chi connectivity index (χ0n) is 8.60. The molecule has 0 aliphatic heterocycles. The Bertz CT molecular complexity index is 360. The Morgan fingerprint density at radius 2 is 2.53 bits per heavy atom. The number of carbonyl (C=O) groups excluding carboxylic acids is 1. The summed E-state index contributed by atoms with van der Waals surface area (Å²) in [6.45, 7) is 0. The van der Waals surface area contributed by atoms with Crippen molar-refractivity contribution < 1.29 is 9.53 Å². The summed E-state index contributed by atoms with van der Waals surface area (Å²) < 4.78 is 4.58. The molecule has 1 aromatic rings. The van der Waals surface area contributed by atoms with Gasteiger partial charge in [0.05, 0.1) is 25.3 Å². The van der Waals surface area contributed by atoms with Crippen molar-refractivity contribution in [3.05, 3.63) is 16.1 Å². The normalized spacial score (nSPS) is 17.5. The van der Waals surface area contributed by atoms with Crippen molar-refractivity contribution in [1.29, 1.82) is 0 Å². The highest BCUT2D eigenvalue weighted by atomic mass is 32.1. The maximum absolute atomic E-state index is 11.0. The van der Waals surface area contributed by atoms with E-state index in [9.17, 15) is 4.79 Å². The SMILES string of the molecule is COC(=O)Cc1csc(C(N)C2CC2)n1. The average molecular weight is 226 g/mol. The number of rotatable bonds is 4. The predicted molar refractivity (Wildman–Crippen MR) is 57.5 cm³/mol. The number of aromatic nitrogens is 1. The van der Waals surface area contributed by atoms with Crippen LogP contribution in [0.15, 0.2) is 5.38 Å². The molecule has 1 aliphatic carbocycles. The summed E-state index contributed by atoms with van der Waals surface area (Å²) in [4.78, 5) is 15.4. The van der Waals surface area contributed by atoms with Gasteiger partial charge in [0.1, 0.15) is 5.01 Å². The van der Waals surface area contributed by atoms with Crippen LogP contribution in [0.1, 0.15) is 29.6 Å². The first-order valence-electron chi connectivity index (χ1n) is 4.97. The van der Waals surface area contributed by atoms with Crippen LogP contribution < -0.4 is 5.73 Å². The predicted octanol–water partition coefficient (Wildman–Crippen LogP) is 1.27. The Balaban J connectivity index is 1.99. The van der Waals surface area contributed by atoms with Crippen LogP contribution in [0.4, 0.5) is 0 Å². The van der Waals surface area contributed by atoms with Gasteiger partial charge in [0, 0.05) is 5.38 Å². The molecule has 15 heavy (non-hydrogen) atoms. The Kier molecular flexibility index (Phi) is 3.02. The molecule has 0 aromatic carbocycles. The molecule has 1 saturated carbocycles. The van der Waals surface area contributed by atoms with Crippen LogP contribution in [-0.2, 0) is 16.0 Å². The van der Waals surface area contributed by atoms with Crippen molar-refractivity contribution in [2.24, 2.45) is 11.7 Å². The third kappa shape index (κ3) is 2.54. The summed E-state index contributed by atoms with van der Waals surface area (Å²) in [7, 11) is 1.38. The molecule has 1 aliphatic rings. The first-order chi connectivity index (χ1) is 7.20. The minimum Gasteiger partial charge on any atom is -0.469 e. The van der Waals surface area contributed by atoms with E-state index in [1.165, 1.54) is 31.3 Å². The number of nitrogens with two attached hydrogens (primary N) is 1. The largest absolute Gasteiger partial charge is 0.469 e. The van der Waals surface area contributed by atoms with Crippen molar-refractivity contribution in [2.75, 3.05) is 7.11 Å². The topological polar surface area (TPSA) is 65.2 Å². The molecule has 0 spiro atoms. The number of hydrogen-bond acceptors (Lipinski definition) is 5. The van der Waals surface area contributed by atoms with Crippen molar-refractivity contribution in [3.63, 3.8) is 0 Å². The number of nitrogens with zero attached hydrogens (tertiary/aromatic N) is 1. The molecular weight excluding hydrogens is 212 g/mol. The number of esters is 1. The lowest BCUT2D eigenvalue weighted by Crippen LogP contribution is -2.12. The van der Waals surface area contributed by atoms with Gasteiger partial charge in [-0.3, -0.25) is 4.79 Å². The van der Waals surface area contributed by atoms with E-state index in [0.717, 1.165) is 10.7 Å². The summed E-state index contributed by atoms with van der Waals surface area (Å²) in [5, 5.41) is 2.82. The number of hydrogen-bond donors (Lipinski definition) is 1. The van der Waals surface area contributed by atoms with E-state index in [-0.39, 0.29) is 18.4 Å². The number of methoxy groups -OCH3 is 1. The fraction of sp³-hybridized carbons (Fsp3) is 0.600. The van der Waals surface area contributed by atoms with Crippen molar-refractivity contribution in [3.8, 4) is 0 Å². The van der Waals surface area contributed by atoms with Gasteiger partial charge in [-0.1, -0.05) is 0 Å². The second-order valence-corrected chi connectivity index (χ2v) is 4.68. The van der Waals surface area contributed by atoms with Crippen molar-refractivity contribution >= 4 is 17.3 Å². The lowest BCUT2D eigenvalue weighted by molar-refractivity contribution is -0.139. The first kappa shape index (κ1) is 10.6. The molecule has 1 heterocycles. The Hall–Kier alpha value is -0.940. The molecular formula is C10H14N2O2S. The van der Waals surface area contributed by atoms with E-state index in [1.807, 2.05) is 5.38 Å². The van der Waals surface area contributed by atoms with Crippen LogP contribution in [-0.4, -0.2) is 18.1 Å². The molecule has 1 fully saturated rings. The Labute approximate surface area is 92.5 Å². The summed E-state index contributed by atoms with van der Waals surface area (Å²) in [6, 6.07) is 0.0568. The average Bonchev–Trinajstić information content (AvgIpc) is 2.98. The molecule has 1 atom stereocenters. The van der Waals surface area contributed by atoms with Crippen LogP contribution >= 0.6 is 11.3 Å². The van der Waals surface area contributed by atoms with Gasteiger partial charge in [0.25, 0.3) is 0 Å². The van der Waals surface area contributed by atoms with Crippen molar-refractivity contribution in [1.82, 2.24) is 4.98 Å². The highest BCUT2D eigenvalue weighted by Gasteiger charge is 2.31. The van der Waals surface area contributed by atoms with Crippen LogP contribution in [0.5, 0.6) is 0 Å². The lowest BCUT2D eigenvalue weighted by atomic mass is 10.2. The molecule has 5 heteroatoms. The minimum absolute atomic E-state index is 0.0568. The van der Waals surface area contributed by atoms with E-state index in [2.05, 4.69) is 9.72 Å². The zero-order valence-corrected chi connectivity index (χ0v) is 9.42. The molecule has 4 nitrogen and oxygen atoms in total. The monoisotopic (exact) mass is 226 g/mol. The number of thiazole rings is 1. The highest BCUT2D eigenvalue weighted by molar-refractivity contribution is 7.09. The van der Waals surface area contributed by atoms with Gasteiger partial charge in [0.2, 0.25) is 0 Å². The van der Waals surface area contributed by atoms with Gasteiger partial charge in [-0.2, -0.15) is 0 Å². The third-order valence-electron chi connectivity index (χ3n) is 2.54. The molecule has 0 saturated heterocycles. The Morgan fingerprint density at radius 3 is 3.13 bits per heavy atom. The number of carbonyl (C=O) groups is 1. The van der Waals surface area contributed by atoms with Gasteiger partial charge >= 0.3 is 5.97 Å². The number of ether oxygens (including phenoxy) is 1. The summed E-state index contributed by atoms with van der Waals surface area (Å²) in [5.41, 5.74) is 6.77. The molecule has 0 bridgehead atoms. The minimum atomic E-state index is -0.258. The van der Waals surface area contributed by atoms with Crippen LogP contribution in [0.2, 0.25) is 0 Å². The second-order valence-electron chi connectivity index (χ2n) is 3.79. The van der Waals surface area contributed by atoms with Crippen molar-refractivity contribution in [2.45, 2.75) is 25.3 Å². The second kappa shape index (κ2) is 4.28.